The lowest BCUT2D eigenvalue weighted by Gasteiger charge is -2.09. The molecule has 1 heterocycles. The lowest BCUT2D eigenvalue weighted by Crippen LogP contribution is -2.20. The monoisotopic (exact) mass is 275 g/mol. The van der Waals surface area contributed by atoms with Crippen molar-refractivity contribution in [3.05, 3.63) is 58.3 Å². The number of aromatic nitrogens is 1. The van der Waals surface area contributed by atoms with E-state index >= 15 is 0 Å². The van der Waals surface area contributed by atoms with Gasteiger partial charge in [0.25, 0.3) is 11.5 Å². The van der Waals surface area contributed by atoms with Gasteiger partial charge >= 0.3 is 0 Å². The molecule has 1 amide bonds. The summed E-state index contributed by atoms with van der Waals surface area (Å²) in [6.45, 7) is 2.29. The number of nitrogen functional groups attached to an aromatic ring is 1. The minimum absolute atomic E-state index is 0.140. The van der Waals surface area contributed by atoms with Crippen LogP contribution < -0.4 is 16.6 Å². The number of anilines is 2. The van der Waals surface area contributed by atoms with Crippen molar-refractivity contribution in [3.8, 4) is 0 Å². The average molecular weight is 275 g/mol. The Bertz CT molecular complexity index is 710. The molecule has 3 N–H and O–H groups in total. The first kappa shape index (κ1) is 13.8. The third-order valence-electron chi connectivity index (χ3n) is 2.82. The molecule has 0 aliphatic rings. The molecule has 104 valence electrons. The summed E-state index contributed by atoms with van der Waals surface area (Å²) >= 11 is 0. The number of nitrogens with zero attached hydrogens (tertiary/aromatic N) is 1. The number of carbonyl (C=O) groups excluding carboxylic acids is 1. The second kappa shape index (κ2) is 5.56. The Morgan fingerprint density at radius 1 is 1.35 bits per heavy atom. The fraction of sp³-hybridized carbons (Fsp3) is 0.143. The first-order valence-corrected chi connectivity index (χ1v) is 6.08. The molecule has 0 aliphatic heterocycles. The van der Waals surface area contributed by atoms with E-state index in [4.69, 9.17) is 5.73 Å². The highest BCUT2D eigenvalue weighted by Gasteiger charge is 2.12. The maximum atomic E-state index is 13.6. The van der Waals surface area contributed by atoms with E-state index in [-0.39, 0.29) is 11.1 Å². The molecule has 0 fully saturated rings. The van der Waals surface area contributed by atoms with E-state index in [1.807, 2.05) is 6.92 Å². The normalized spacial score (nSPS) is 10.3. The van der Waals surface area contributed by atoms with Crippen LogP contribution in [-0.4, -0.2) is 10.5 Å². The van der Waals surface area contributed by atoms with Gasteiger partial charge in [-0.2, -0.15) is 0 Å². The van der Waals surface area contributed by atoms with Gasteiger partial charge in [0.2, 0.25) is 0 Å². The smallest absolute Gasteiger partial charge is 0.258 e. The number of amides is 1. The fourth-order valence-corrected chi connectivity index (χ4v) is 1.77. The zero-order valence-corrected chi connectivity index (χ0v) is 10.9. The maximum absolute atomic E-state index is 13.6. The summed E-state index contributed by atoms with van der Waals surface area (Å²) in [5, 5.41) is 2.53. The van der Waals surface area contributed by atoms with Gasteiger partial charge in [0, 0.05) is 24.5 Å². The van der Waals surface area contributed by atoms with Crippen molar-refractivity contribution in [3.63, 3.8) is 0 Å². The Morgan fingerprint density at radius 2 is 2.10 bits per heavy atom. The zero-order chi connectivity index (χ0) is 14.7. The van der Waals surface area contributed by atoms with Crippen molar-refractivity contribution in [2.75, 3.05) is 11.1 Å². The zero-order valence-electron chi connectivity index (χ0n) is 10.9. The van der Waals surface area contributed by atoms with Gasteiger partial charge in [-0.05, 0) is 31.2 Å². The predicted molar refractivity (Wildman–Crippen MR) is 75.1 cm³/mol. The minimum Gasteiger partial charge on any atom is -0.399 e. The van der Waals surface area contributed by atoms with Crippen LogP contribution in [0.25, 0.3) is 0 Å². The largest absolute Gasteiger partial charge is 0.399 e. The summed E-state index contributed by atoms with van der Waals surface area (Å²) in [6.07, 6.45) is 1.50. The number of nitrogens with one attached hydrogen (secondary N) is 1. The van der Waals surface area contributed by atoms with Gasteiger partial charge in [0.1, 0.15) is 5.82 Å². The van der Waals surface area contributed by atoms with Gasteiger partial charge < -0.3 is 15.6 Å². The van der Waals surface area contributed by atoms with Crippen molar-refractivity contribution in [2.24, 2.45) is 0 Å². The summed E-state index contributed by atoms with van der Waals surface area (Å²) in [4.78, 5) is 23.4. The van der Waals surface area contributed by atoms with Gasteiger partial charge in [-0.25, -0.2) is 4.39 Å². The second-order valence-corrected chi connectivity index (χ2v) is 4.24. The first-order chi connectivity index (χ1) is 9.51. The van der Waals surface area contributed by atoms with E-state index in [2.05, 4.69) is 5.32 Å². The van der Waals surface area contributed by atoms with Gasteiger partial charge in [0.05, 0.1) is 11.3 Å². The highest BCUT2D eigenvalue weighted by molar-refractivity contribution is 6.04. The minimum atomic E-state index is -0.652. The third-order valence-corrected chi connectivity index (χ3v) is 2.82. The molecule has 0 bridgehead atoms. The maximum Gasteiger partial charge on any atom is 0.258 e. The molecular formula is C14H14FN3O2. The Balaban J connectivity index is 2.28. The van der Waals surface area contributed by atoms with Crippen molar-refractivity contribution in [1.82, 2.24) is 4.57 Å². The van der Waals surface area contributed by atoms with Crippen LogP contribution in [0.15, 0.2) is 41.3 Å². The van der Waals surface area contributed by atoms with Crippen molar-refractivity contribution >= 4 is 17.3 Å². The summed E-state index contributed by atoms with van der Waals surface area (Å²) < 4.78 is 15.0. The molecule has 20 heavy (non-hydrogen) atoms. The molecule has 6 heteroatoms. The lowest BCUT2D eigenvalue weighted by atomic mass is 10.1. The van der Waals surface area contributed by atoms with Crippen LogP contribution in [0.4, 0.5) is 15.8 Å². The molecule has 5 nitrogen and oxygen atoms in total. The molecule has 0 unspecified atom stereocenters. The van der Waals surface area contributed by atoms with E-state index in [0.717, 1.165) is 6.07 Å². The number of benzene rings is 1. The van der Waals surface area contributed by atoms with E-state index in [9.17, 15) is 14.0 Å². The Labute approximate surface area is 114 Å². The van der Waals surface area contributed by atoms with Gasteiger partial charge in [0.15, 0.2) is 0 Å². The summed E-state index contributed by atoms with van der Waals surface area (Å²) in [5.41, 5.74) is 5.94. The lowest BCUT2D eigenvalue weighted by molar-refractivity contribution is 0.102. The third kappa shape index (κ3) is 2.85. The summed E-state index contributed by atoms with van der Waals surface area (Å²) in [6, 6.07) is 6.59. The quantitative estimate of drug-likeness (QED) is 0.839. The number of aryl methyl sites for hydroxylation is 1. The molecule has 2 rings (SSSR count). The van der Waals surface area contributed by atoms with E-state index in [0.29, 0.717) is 17.9 Å². The number of halogens is 1. The molecule has 0 saturated heterocycles. The Morgan fingerprint density at radius 3 is 2.80 bits per heavy atom. The van der Waals surface area contributed by atoms with Gasteiger partial charge in [-0.1, -0.05) is 0 Å². The standard InChI is InChI=1S/C14H14FN3O2/c1-2-18-8-10(4-6-13(18)19)17-14(20)11-7-9(16)3-5-12(11)15/h3-8H,2,16H2,1H3,(H,17,20). The number of hydrogen-bond donors (Lipinski definition) is 2. The summed E-state index contributed by atoms with van der Waals surface area (Å²) in [7, 11) is 0. The molecule has 0 saturated carbocycles. The van der Waals surface area contributed by atoms with Crippen molar-refractivity contribution < 1.29 is 9.18 Å². The molecular weight excluding hydrogens is 261 g/mol. The fourth-order valence-electron chi connectivity index (χ4n) is 1.77. The number of carbonyl (C=O) groups is 1. The molecule has 0 spiro atoms. The predicted octanol–water partition coefficient (Wildman–Crippen LogP) is 1.84. The first-order valence-electron chi connectivity index (χ1n) is 6.08. The molecule has 2 aromatic rings. The van der Waals surface area contributed by atoms with Crippen LogP contribution >= 0.6 is 0 Å². The SMILES string of the molecule is CCn1cc(NC(=O)c2cc(N)ccc2F)ccc1=O. The Hall–Kier alpha value is -2.63. The molecule has 1 aromatic heterocycles. The summed E-state index contributed by atoms with van der Waals surface area (Å²) in [5.74, 6) is -1.27. The van der Waals surface area contributed by atoms with Crippen LogP contribution in [0.1, 0.15) is 17.3 Å². The topological polar surface area (TPSA) is 77.1 Å². The highest BCUT2D eigenvalue weighted by Crippen LogP contribution is 2.14. The highest BCUT2D eigenvalue weighted by atomic mass is 19.1. The number of pyridine rings is 1. The van der Waals surface area contributed by atoms with Crippen molar-refractivity contribution in [2.45, 2.75) is 13.5 Å². The Kier molecular flexibility index (Phi) is 3.84. The number of hydrogen-bond acceptors (Lipinski definition) is 3. The second-order valence-electron chi connectivity index (χ2n) is 4.24. The number of nitrogens with two attached hydrogens (primary N) is 1. The molecule has 0 atom stereocenters. The van der Waals surface area contributed by atoms with E-state index in [1.165, 1.54) is 35.0 Å². The molecule has 1 aromatic carbocycles. The number of rotatable bonds is 3. The van der Waals surface area contributed by atoms with Gasteiger partial charge in [-0.15, -0.1) is 0 Å². The van der Waals surface area contributed by atoms with E-state index < -0.39 is 11.7 Å². The van der Waals surface area contributed by atoms with Crippen LogP contribution in [0.2, 0.25) is 0 Å². The molecule has 0 aliphatic carbocycles. The van der Waals surface area contributed by atoms with E-state index in [1.54, 1.807) is 0 Å². The van der Waals surface area contributed by atoms with Crippen LogP contribution in [-0.2, 0) is 6.54 Å². The van der Waals surface area contributed by atoms with Crippen LogP contribution in [0.5, 0.6) is 0 Å². The molecule has 0 radical (unpaired) electrons. The van der Waals surface area contributed by atoms with Crippen molar-refractivity contribution in [1.29, 1.82) is 0 Å². The van der Waals surface area contributed by atoms with Crippen LogP contribution in [0.3, 0.4) is 0 Å². The van der Waals surface area contributed by atoms with Crippen LogP contribution in [0, 0.1) is 5.82 Å². The average Bonchev–Trinajstić information content (AvgIpc) is 2.43. The van der Waals surface area contributed by atoms with Gasteiger partial charge in [-0.3, -0.25) is 9.59 Å².